The second-order valence-electron chi connectivity index (χ2n) is 5.72. The molecule has 112 valence electrons. The molecule has 2 rings (SSSR count). The van der Waals surface area contributed by atoms with E-state index < -0.39 is 0 Å². The van der Waals surface area contributed by atoms with Gasteiger partial charge in [0.2, 0.25) is 0 Å². The lowest BCUT2D eigenvalue weighted by molar-refractivity contribution is 0.154. The van der Waals surface area contributed by atoms with Gasteiger partial charge in [0.15, 0.2) is 0 Å². The summed E-state index contributed by atoms with van der Waals surface area (Å²) in [6.45, 7) is 8.54. The van der Waals surface area contributed by atoms with Gasteiger partial charge in [-0.15, -0.1) is 0 Å². The van der Waals surface area contributed by atoms with Crippen LogP contribution in [0.1, 0.15) is 31.9 Å². The summed E-state index contributed by atoms with van der Waals surface area (Å²) in [7, 11) is 0. The quantitative estimate of drug-likeness (QED) is 0.806. The maximum atomic E-state index is 6.43. The van der Waals surface area contributed by atoms with Crippen LogP contribution < -0.4 is 5.32 Å². The van der Waals surface area contributed by atoms with Crippen LogP contribution in [-0.2, 0) is 0 Å². The third-order valence-corrected chi connectivity index (χ3v) is 4.70. The topological polar surface area (TPSA) is 15.3 Å². The summed E-state index contributed by atoms with van der Waals surface area (Å²) in [4.78, 5) is 2.48. The molecule has 1 atom stereocenters. The van der Waals surface area contributed by atoms with Crippen LogP contribution in [0.25, 0.3) is 0 Å². The number of hydrogen-bond acceptors (Lipinski definition) is 2. The molecule has 0 aliphatic carbocycles. The SMILES string of the molecule is CC(C)C[C@@H](c1cc(Cl)cc(Cl)c1Cl)N1CCNCC1. The van der Waals surface area contributed by atoms with Crippen LogP contribution in [0.3, 0.4) is 0 Å². The van der Waals surface area contributed by atoms with E-state index in [1.54, 1.807) is 6.07 Å². The lowest BCUT2D eigenvalue weighted by atomic mass is 9.95. The highest BCUT2D eigenvalue weighted by Gasteiger charge is 2.26. The lowest BCUT2D eigenvalue weighted by Crippen LogP contribution is -2.45. The van der Waals surface area contributed by atoms with Gasteiger partial charge >= 0.3 is 0 Å². The molecule has 0 amide bonds. The summed E-state index contributed by atoms with van der Waals surface area (Å²) in [6.07, 6.45) is 1.05. The minimum absolute atomic E-state index is 0.279. The van der Waals surface area contributed by atoms with Crippen molar-refractivity contribution in [2.45, 2.75) is 26.3 Å². The third-order valence-electron chi connectivity index (χ3n) is 3.67. The Kier molecular flexibility index (Phi) is 6.00. The molecule has 5 heteroatoms. The van der Waals surface area contributed by atoms with Crippen molar-refractivity contribution in [2.75, 3.05) is 26.2 Å². The fourth-order valence-corrected chi connectivity index (χ4v) is 3.48. The molecule has 0 aromatic heterocycles. The van der Waals surface area contributed by atoms with Gasteiger partial charge in [0.25, 0.3) is 0 Å². The maximum absolute atomic E-state index is 6.43. The number of benzene rings is 1. The van der Waals surface area contributed by atoms with Crippen molar-refractivity contribution in [1.29, 1.82) is 0 Å². The van der Waals surface area contributed by atoms with Crippen LogP contribution in [0.5, 0.6) is 0 Å². The van der Waals surface area contributed by atoms with E-state index in [0.29, 0.717) is 21.0 Å². The zero-order chi connectivity index (χ0) is 14.7. The van der Waals surface area contributed by atoms with Gasteiger partial charge in [-0.2, -0.15) is 0 Å². The van der Waals surface area contributed by atoms with Crippen LogP contribution in [-0.4, -0.2) is 31.1 Å². The van der Waals surface area contributed by atoms with Gasteiger partial charge in [0, 0.05) is 37.2 Å². The Morgan fingerprint density at radius 3 is 2.40 bits per heavy atom. The number of halogens is 3. The monoisotopic (exact) mass is 334 g/mol. The first-order chi connectivity index (χ1) is 9.49. The van der Waals surface area contributed by atoms with Crippen molar-refractivity contribution in [3.8, 4) is 0 Å². The molecule has 0 saturated carbocycles. The molecule has 0 unspecified atom stereocenters. The number of nitrogens with zero attached hydrogens (tertiary/aromatic N) is 1. The van der Waals surface area contributed by atoms with Crippen molar-refractivity contribution >= 4 is 34.8 Å². The Balaban J connectivity index is 2.34. The van der Waals surface area contributed by atoms with E-state index in [2.05, 4.69) is 24.1 Å². The smallest absolute Gasteiger partial charge is 0.0641 e. The maximum Gasteiger partial charge on any atom is 0.0641 e. The molecule has 1 aromatic rings. The van der Waals surface area contributed by atoms with Crippen LogP contribution >= 0.6 is 34.8 Å². The van der Waals surface area contributed by atoms with Crippen molar-refractivity contribution in [3.05, 3.63) is 32.8 Å². The molecular weight excluding hydrogens is 315 g/mol. The van der Waals surface area contributed by atoms with Gasteiger partial charge in [-0.1, -0.05) is 48.7 Å². The van der Waals surface area contributed by atoms with E-state index in [1.165, 1.54) is 0 Å². The van der Waals surface area contributed by atoms with Crippen molar-refractivity contribution in [1.82, 2.24) is 10.2 Å². The molecule has 0 radical (unpaired) electrons. The molecule has 0 bridgehead atoms. The Morgan fingerprint density at radius 2 is 1.80 bits per heavy atom. The van der Waals surface area contributed by atoms with Crippen LogP contribution in [0, 0.1) is 5.92 Å². The predicted octanol–water partition coefficient (Wildman–Crippen LogP) is 4.64. The Labute approximate surface area is 136 Å². The molecule has 1 aliphatic rings. The van der Waals surface area contributed by atoms with E-state index >= 15 is 0 Å². The van der Waals surface area contributed by atoms with Crippen LogP contribution in [0.2, 0.25) is 15.1 Å². The average Bonchev–Trinajstić information content (AvgIpc) is 2.41. The van der Waals surface area contributed by atoms with Crippen molar-refractivity contribution < 1.29 is 0 Å². The highest BCUT2D eigenvalue weighted by Crippen LogP contribution is 2.38. The fraction of sp³-hybridized carbons (Fsp3) is 0.600. The highest BCUT2D eigenvalue weighted by molar-refractivity contribution is 6.43. The van der Waals surface area contributed by atoms with E-state index in [1.807, 2.05) is 6.07 Å². The molecule has 0 spiro atoms. The largest absolute Gasteiger partial charge is 0.314 e. The Bertz CT molecular complexity index is 457. The molecule has 1 N–H and O–H groups in total. The first-order valence-electron chi connectivity index (χ1n) is 7.08. The summed E-state index contributed by atoms with van der Waals surface area (Å²) in [5, 5.41) is 5.22. The molecule has 1 aromatic carbocycles. The minimum atomic E-state index is 0.279. The van der Waals surface area contributed by atoms with Crippen molar-refractivity contribution in [2.24, 2.45) is 5.92 Å². The van der Waals surface area contributed by atoms with Gasteiger partial charge in [-0.25, -0.2) is 0 Å². The number of nitrogens with one attached hydrogen (secondary N) is 1. The molecule has 2 nitrogen and oxygen atoms in total. The van der Waals surface area contributed by atoms with Crippen LogP contribution in [0.4, 0.5) is 0 Å². The Morgan fingerprint density at radius 1 is 1.15 bits per heavy atom. The molecule has 1 aliphatic heterocycles. The number of hydrogen-bond donors (Lipinski definition) is 1. The standard InChI is InChI=1S/C15H21Cl3N2/c1-10(2)7-14(20-5-3-19-4-6-20)12-8-11(16)9-13(17)15(12)18/h8-10,14,19H,3-7H2,1-2H3/t14-/m0/s1. The summed E-state index contributed by atoms with van der Waals surface area (Å²) < 4.78 is 0. The van der Waals surface area contributed by atoms with Gasteiger partial charge in [0.1, 0.15) is 0 Å². The summed E-state index contributed by atoms with van der Waals surface area (Å²) >= 11 is 18.8. The minimum Gasteiger partial charge on any atom is -0.314 e. The first kappa shape index (κ1) is 16.4. The number of rotatable bonds is 4. The summed E-state index contributed by atoms with van der Waals surface area (Å²) in [6, 6.07) is 3.95. The normalized spacial score (nSPS) is 18.5. The van der Waals surface area contributed by atoms with Crippen molar-refractivity contribution in [3.63, 3.8) is 0 Å². The van der Waals surface area contributed by atoms with E-state index in [9.17, 15) is 0 Å². The zero-order valence-electron chi connectivity index (χ0n) is 11.9. The Hall–Kier alpha value is 0.01000. The highest BCUT2D eigenvalue weighted by atomic mass is 35.5. The second kappa shape index (κ2) is 7.33. The van der Waals surface area contributed by atoms with E-state index in [0.717, 1.165) is 38.2 Å². The zero-order valence-corrected chi connectivity index (χ0v) is 14.2. The van der Waals surface area contributed by atoms with Gasteiger partial charge < -0.3 is 5.32 Å². The second-order valence-corrected chi connectivity index (χ2v) is 6.94. The molecule has 20 heavy (non-hydrogen) atoms. The molecule has 1 saturated heterocycles. The summed E-state index contributed by atoms with van der Waals surface area (Å²) in [5.74, 6) is 0.587. The first-order valence-corrected chi connectivity index (χ1v) is 8.21. The van der Waals surface area contributed by atoms with Gasteiger partial charge in [-0.05, 0) is 30.0 Å². The average molecular weight is 336 g/mol. The molecule has 1 heterocycles. The molecular formula is C15H21Cl3N2. The van der Waals surface area contributed by atoms with E-state index in [-0.39, 0.29) is 6.04 Å². The van der Waals surface area contributed by atoms with Gasteiger partial charge in [0.05, 0.1) is 10.0 Å². The van der Waals surface area contributed by atoms with E-state index in [4.69, 9.17) is 34.8 Å². The van der Waals surface area contributed by atoms with Gasteiger partial charge in [-0.3, -0.25) is 4.90 Å². The lowest BCUT2D eigenvalue weighted by Gasteiger charge is -2.36. The number of piperazine rings is 1. The molecule has 1 fully saturated rings. The predicted molar refractivity (Wildman–Crippen MR) is 88.1 cm³/mol. The fourth-order valence-electron chi connectivity index (χ4n) is 2.73. The van der Waals surface area contributed by atoms with Crippen LogP contribution in [0.15, 0.2) is 12.1 Å². The third kappa shape index (κ3) is 4.02. The summed E-state index contributed by atoms with van der Waals surface area (Å²) in [5.41, 5.74) is 1.06.